The van der Waals surface area contributed by atoms with E-state index in [1.54, 1.807) is 24.3 Å². The van der Waals surface area contributed by atoms with E-state index >= 15 is 0 Å². The molecule has 0 atom stereocenters. The summed E-state index contributed by atoms with van der Waals surface area (Å²) in [6.45, 7) is 1.94. The van der Waals surface area contributed by atoms with Crippen molar-refractivity contribution in [2.45, 2.75) is 6.92 Å². The zero-order valence-corrected chi connectivity index (χ0v) is 14.1. The first kappa shape index (κ1) is 16.9. The molecule has 0 saturated carbocycles. The second-order valence-electron chi connectivity index (χ2n) is 5.48. The van der Waals surface area contributed by atoms with E-state index in [1.165, 1.54) is 24.4 Å². The van der Waals surface area contributed by atoms with Crippen molar-refractivity contribution in [1.29, 1.82) is 0 Å². The molecule has 1 aromatic heterocycles. The Labute approximate surface area is 149 Å². The molecule has 4 nitrogen and oxygen atoms in total. The third-order valence-electron chi connectivity index (χ3n) is 3.56. The first-order valence-electron chi connectivity index (χ1n) is 7.57. The van der Waals surface area contributed by atoms with Crippen molar-refractivity contribution in [2.24, 2.45) is 0 Å². The van der Waals surface area contributed by atoms with Gasteiger partial charge in [0.05, 0.1) is 5.56 Å². The van der Waals surface area contributed by atoms with E-state index < -0.39 is 5.82 Å². The smallest absolute Gasteiger partial charge is 0.257 e. The number of hydrogen-bond acceptors (Lipinski definition) is 3. The maximum atomic E-state index is 13.2. The number of pyridine rings is 1. The standard InChI is InChI=1S/C19H15ClFN3O/c1-12-9-14(20)6-7-17(12)24-18-8-5-13(11-22-18)19(25)23-16-4-2-3-15(21)10-16/h2-11H,1H3,(H,22,24)(H,23,25). The monoisotopic (exact) mass is 355 g/mol. The second-order valence-corrected chi connectivity index (χ2v) is 5.92. The highest BCUT2D eigenvalue weighted by Gasteiger charge is 2.08. The van der Waals surface area contributed by atoms with Crippen LogP contribution in [0, 0.1) is 12.7 Å². The number of amides is 1. The zero-order chi connectivity index (χ0) is 17.8. The van der Waals surface area contributed by atoms with Gasteiger partial charge in [0.25, 0.3) is 5.91 Å². The molecule has 2 N–H and O–H groups in total. The number of nitrogens with zero attached hydrogens (tertiary/aromatic N) is 1. The summed E-state index contributed by atoms with van der Waals surface area (Å²) < 4.78 is 13.2. The molecule has 0 bridgehead atoms. The van der Waals surface area contributed by atoms with Gasteiger partial charge in [-0.15, -0.1) is 0 Å². The van der Waals surface area contributed by atoms with Crippen molar-refractivity contribution in [2.75, 3.05) is 10.6 Å². The number of benzene rings is 2. The van der Waals surface area contributed by atoms with Crippen molar-refractivity contribution in [3.05, 3.63) is 82.8 Å². The Kier molecular flexibility index (Phi) is 4.95. The molecule has 0 unspecified atom stereocenters. The van der Waals surface area contributed by atoms with Gasteiger partial charge in [-0.05, 0) is 61.0 Å². The van der Waals surface area contributed by atoms with Gasteiger partial charge in [-0.1, -0.05) is 17.7 Å². The quantitative estimate of drug-likeness (QED) is 0.678. The summed E-state index contributed by atoms with van der Waals surface area (Å²) in [5, 5.41) is 6.47. The highest BCUT2D eigenvalue weighted by Crippen LogP contribution is 2.22. The van der Waals surface area contributed by atoms with Gasteiger partial charge < -0.3 is 10.6 Å². The van der Waals surface area contributed by atoms with Crippen molar-refractivity contribution in [3.63, 3.8) is 0 Å². The Hall–Kier alpha value is -2.92. The molecule has 1 amide bonds. The fraction of sp³-hybridized carbons (Fsp3) is 0.0526. The summed E-state index contributed by atoms with van der Waals surface area (Å²) in [5.74, 6) is -0.158. The Bertz CT molecular complexity index is 913. The third-order valence-corrected chi connectivity index (χ3v) is 3.79. The lowest BCUT2D eigenvalue weighted by Gasteiger charge is -2.10. The number of carbonyl (C=O) groups is 1. The number of rotatable bonds is 4. The van der Waals surface area contributed by atoms with Crippen LogP contribution in [-0.2, 0) is 0 Å². The Morgan fingerprint density at radius 3 is 2.64 bits per heavy atom. The zero-order valence-electron chi connectivity index (χ0n) is 13.4. The normalized spacial score (nSPS) is 10.4. The van der Waals surface area contributed by atoms with Gasteiger partial charge in [0, 0.05) is 22.6 Å². The average molecular weight is 356 g/mol. The molecule has 0 saturated heterocycles. The molecule has 0 aliphatic rings. The van der Waals surface area contributed by atoms with Crippen LogP contribution in [-0.4, -0.2) is 10.9 Å². The molecule has 126 valence electrons. The van der Waals surface area contributed by atoms with Crippen molar-refractivity contribution < 1.29 is 9.18 Å². The van der Waals surface area contributed by atoms with Gasteiger partial charge >= 0.3 is 0 Å². The summed E-state index contributed by atoms with van der Waals surface area (Å²) in [5.41, 5.74) is 2.64. The highest BCUT2D eigenvalue weighted by atomic mass is 35.5. The minimum atomic E-state index is -0.409. The minimum absolute atomic E-state index is 0.354. The number of nitrogens with one attached hydrogen (secondary N) is 2. The van der Waals surface area contributed by atoms with Gasteiger partial charge in [0.1, 0.15) is 11.6 Å². The van der Waals surface area contributed by atoms with E-state index in [2.05, 4.69) is 15.6 Å². The van der Waals surface area contributed by atoms with Gasteiger partial charge in [0.2, 0.25) is 0 Å². The SMILES string of the molecule is Cc1cc(Cl)ccc1Nc1ccc(C(=O)Nc2cccc(F)c2)cn1. The van der Waals surface area contributed by atoms with Crippen LogP contribution in [0.4, 0.5) is 21.6 Å². The Morgan fingerprint density at radius 1 is 1.12 bits per heavy atom. The van der Waals surface area contributed by atoms with Crippen LogP contribution < -0.4 is 10.6 Å². The van der Waals surface area contributed by atoms with Gasteiger partial charge in [0.15, 0.2) is 0 Å². The largest absolute Gasteiger partial charge is 0.340 e. The lowest BCUT2D eigenvalue weighted by atomic mass is 10.2. The van der Waals surface area contributed by atoms with E-state index in [1.807, 2.05) is 19.1 Å². The molecule has 0 spiro atoms. The van der Waals surface area contributed by atoms with E-state index in [0.29, 0.717) is 22.1 Å². The lowest BCUT2D eigenvalue weighted by molar-refractivity contribution is 0.102. The molecular formula is C19H15ClFN3O. The van der Waals surface area contributed by atoms with Gasteiger partial charge in [-0.3, -0.25) is 4.79 Å². The molecule has 3 aromatic rings. The summed E-state index contributed by atoms with van der Waals surface area (Å²) in [7, 11) is 0. The maximum absolute atomic E-state index is 13.2. The minimum Gasteiger partial charge on any atom is -0.340 e. The van der Waals surface area contributed by atoms with Crippen LogP contribution in [0.2, 0.25) is 5.02 Å². The van der Waals surface area contributed by atoms with Crippen LogP contribution in [0.5, 0.6) is 0 Å². The molecule has 0 aliphatic carbocycles. The topological polar surface area (TPSA) is 54.0 Å². The van der Waals surface area contributed by atoms with Gasteiger partial charge in [-0.2, -0.15) is 0 Å². The highest BCUT2D eigenvalue weighted by molar-refractivity contribution is 6.30. The van der Waals surface area contributed by atoms with E-state index in [4.69, 9.17) is 11.6 Å². The fourth-order valence-electron chi connectivity index (χ4n) is 2.28. The van der Waals surface area contributed by atoms with Crippen molar-refractivity contribution >= 4 is 34.7 Å². The number of halogens is 2. The van der Waals surface area contributed by atoms with Crippen LogP contribution in [0.1, 0.15) is 15.9 Å². The Balaban J connectivity index is 1.70. The maximum Gasteiger partial charge on any atom is 0.257 e. The molecule has 3 rings (SSSR count). The first-order chi connectivity index (χ1) is 12.0. The van der Waals surface area contributed by atoms with Crippen LogP contribution >= 0.6 is 11.6 Å². The molecule has 0 aliphatic heterocycles. The number of carbonyl (C=O) groups excluding carboxylic acids is 1. The molecule has 25 heavy (non-hydrogen) atoms. The third kappa shape index (κ3) is 4.33. The Morgan fingerprint density at radius 2 is 1.96 bits per heavy atom. The number of hydrogen-bond donors (Lipinski definition) is 2. The molecule has 1 heterocycles. The summed E-state index contributed by atoms with van der Waals surface area (Å²) >= 11 is 5.94. The molecule has 0 radical (unpaired) electrons. The average Bonchev–Trinajstić information content (AvgIpc) is 2.58. The number of aromatic nitrogens is 1. The molecule has 6 heteroatoms. The second kappa shape index (κ2) is 7.32. The van der Waals surface area contributed by atoms with E-state index in [0.717, 1.165) is 11.3 Å². The van der Waals surface area contributed by atoms with E-state index in [9.17, 15) is 9.18 Å². The number of aryl methyl sites for hydroxylation is 1. The predicted molar refractivity (Wildman–Crippen MR) is 98.1 cm³/mol. The first-order valence-corrected chi connectivity index (χ1v) is 7.95. The van der Waals surface area contributed by atoms with Crippen LogP contribution in [0.3, 0.4) is 0 Å². The van der Waals surface area contributed by atoms with Gasteiger partial charge in [-0.25, -0.2) is 9.37 Å². The molecule has 2 aromatic carbocycles. The lowest BCUT2D eigenvalue weighted by Crippen LogP contribution is -2.12. The number of anilines is 3. The van der Waals surface area contributed by atoms with Crippen LogP contribution in [0.15, 0.2) is 60.8 Å². The van der Waals surface area contributed by atoms with Crippen LogP contribution in [0.25, 0.3) is 0 Å². The van der Waals surface area contributed by atoms with Crippen molar-refractivity contribution in [3.8, 4) is 0 Å². The van der Waals surface area contributed by atoms with E-state index in [-0.39, 0.29) is 5.91 Å². The summed E-state index contributed by atoms with van der Waals surface area (Å²) in [4.78, 5) is 16.4. The molecular weight excluding hydrogens is 341 g/mol. The molecule has 0 fully saturated rings. The summed E-state index contributed by atoms with van der Waals surface area (Å²) in [6.07, 6.45) is 1.46. The van der Waals surface area contributed by atoms with Crippen molar-refractivity contribution in [1.82, 2.24) is 4.98 Å². The predicted octanol–water partition coefficient (Wildman–Crippen LogP) is 5.18. The fourth-order valence-corrected chi connectivity index (χ4v) is 2.50. The summed E-state index contributed by atoms with van der Waals surface area (Å²) in [6, 6.07) is 14.6.